The molecule has 0 saturated heterocycles. The first-order valence-corrected chi connectivity index (χ1v) is 5.95. The molecule has 0 aromatic carbocycles. The highest BCUT2D eigenvalue weighted by molar-refractivity contribution is 7.14. The van der Waals surface area contributed by atoms with Crippen LogP contribution in [0.2, 0.25) is 0 Å². The van der Waals surface area contributed by atoms with E-state index in [2.05, 4.69) is 5.10 Å². The molecule has 1 aliphatic heterocycles. The van der Waals surface area contributed by atoms with Gasteiger partial charge in [-0.05, 0) is 25.0 Å². The maximum atomic E-state index is 10.9. The van der Waals surface area contributed by atoms with E-state index in [0.717, 1.165) is 35.5 Å². The Morgan fingerprint density at radius 1 is 1.56 bits per heavy atom. The Bertz CT molecular complexity index is 556. The van der Waals surface area contributed by atoms with Crippen LogP contribution in [0.15, 0.2) is 18.3 Å². The Kier molecular flexibility index (Phi) is 2.07. The molecular weight excluding hydrogens is 224 g/mol. The number of carboxylic acid groups (broad SMARTS) is 1. The molecule has 5 heteroatoms. The maximum absolute atomic E-state index is 10.9. The number of aromatic nitrogens is 2. The summed E-state index contributed by atoms with van der Waals surface area (Å²) in [7, 11) is 0. The van der Waals surface area contributed by atoms with E-state index in [1.54, 1.807) is 12.3 Å². The van der Waals surface area contributed by atoms with Crippen LogP contribution in [-0.4, -0.2) is 20.9 Å². The number of carbonyl (C=O) groups is 1. The Morgan fingerprint density at radius 2 is 2.44 bits per heavy atom. The van der Waals surface area contributed by atoms with Crippen molar-refractivity contribution < 1.29 is 9.90 Å². The normalized spacial score (nSPS) is 14.0. The zero-order valence-corrected chi connectivity index (χ0v) is 9.33. The minimum absolute atomic E-state index is 0.416. The predicted molar refractivity (Wildman–Crippen MR) is 60.8 cm³/mol. The van der Waals surface area contributed by atoms with Crippen molar-refractivity contribution in [3.05, 3.63) is 28.1 Å². The van der Waals surface area contributed by atoms with Crippen LogP contribution in [0, 0.1) is 0 Å². The van der Waals surface area contributed by atoms with Crippen LogP contribution in [0.3, 0.4) is 0 Å². The van der Waals surface area contributed by atoms with Crippen LogP contribution in [0.5, 0.6) is 0 Å². The molecule has 0 spiro atoms. The maximum Gasteiger partial charge on any atom is 0.345 e. The molecule has 3 heterocycles. The number of fused-ring (bicyclic) bond motifs is 3. The van der Waals surface area contributed by atoms with Gasteiger partial charge in [-0.1, -0.05) is 0 Å². The smallest absolute Gasteiger partial charge is 0.345 e. The van der Waals surface area contributed by atoms with Gasteiger partial charge in [-0.2, -0.15) is 5.10 Å². The molecule has 0 radical (unpaired) electrons. The van der Waals surface area contributed by atoms with Crippen molar-refractivity contribution in [2.45, 2.75) is 19.4 Å². The van der Waals surface area contributed by atoms with E-state index in [-0.39, 0.29) is 0 Å². The number of aromatic carboxylic acids is 1. The van der Waals surface area contributed by atoms with Gasteiger partial charge >= 0.3 is 5.97 Å². The average molecular weight is 234 g/mol. The van der Waals surface area contributed by atoms with Gasteiger partial charge in [0, 0.05) is 23.2 Å². The van der Waals surface area contributed by atoms with Crippen molar-refractivity contribution in [2.75, 3.05) is 0 Å². The van der Waals surface area contributed by atoms with Crippen molar-refractivity contribution >= 4 is 17.3 Å². The van der Waals surface area contributed by atoms with Crippen molar-refractivity contribution in [2.24, 2.45) is 0 Å². The molecule has 1 aliphatic rings. The molecule has 0 saturated carbocycles. The molecule has 0 bridgehead atoms. The Balaban J connectivity index is 2.19. The topological polar surface area (TPSA) is 55.1 Å². The second-order valence-corrected chi connectivity index (χ2v) is 4.93. The van der Waals surface area contributed by atoms with Gasteiger partial charge in [0.15, 0.2) is 0 Å². The summed E-state index contributed by atoms with van der Waals surface area (Å²) in [5, 5.41) is 13.2. The van der Waals surface area contributed by atoms with Crippen LogP contribution in [0.25, 0.3) is 11.3 Å². The van der Waals surface area contributed by atoms with Gasteiger partial charge in [-0.25, -0.2) is 4.79 Å². The number of nitrogens with zero attached hydrogens (tertiary/aromatic N) is 2. The van der Waals surface area contributed by atoms with E-state index < -0.39 is 5.97 Å². The number of thiophene rings is 1. The largest absolute Gasteiger partial charge is 0.477 e. The van der Waals surface area contributed by atoms with Gasteiger partial charge < -0.3 is 5.11 Å². The Morgan fingerprint density at radius 3 is 3.25 bits per heavy atom. The Labute approximate surface area is 96.1 Å². The molecule has 0 fully saturated rings. The second-order valence-electron chi connectivity index (χ2n) is 3.80. The highest BCUT2D eigenvalue weighted by Gasteiger charge is 2.19. The molecule has 82 valence electrons. The minimum atomic E-state index is -0.843. The molecular formula is C11H10N2O2S. The average Bonchev–Trinajstić information content (AvgIpc) is 2.82. The van der Waals surface area contributed by atoms with Crippen LogP contribution < -0.4 is 0 Å². The van der Waals surface area contributed by atoms with E-state index >= 15 is 0 Å². The fourth-order valence-corrected chi connectivity index (χ4v) is 3.12. The van der Waals surface area contributed by atoms with E-state index in [4.69, 9.17) is 5.11 Å². The summed E-state index contributed by atoms with van der Waals surface area (Å²) in [4.78, 5) is 12.5. The third kappa shape index (κ3) is 1.36. The fraction of sp³-hybridized carbons (Fsp3) is 0.273. The molecule has 0 unspecified atom stereocenters. The standard InChI is InChI=1S/C11H10N2O2S/c14-11(15)10-6-7-8-3-4-12-13(8)5-1-2-9(7)16-10/h3-4,6H,1-2,5H2,(H,14,15). The van der Waals surface area contributed by atoms with E-state index in [1.807, 2.05) is 10.7 Å². The predicted octanol–water partition coefficient (Wildman–Crippen LogP) is 2.26. The van der Waals surface area contributed by atoms with Crippen molar-refractivity contribution in [1.82, 2.24) is 9.78 Å². The van der Waals surface area contributed by atoms with Crippen LogP contribution in [-0.2, 0) is 13.0 Å². The molecule has 0 amide bonds. The highest BCUT2D eigenvalue weighted by atomic mass is 32.1. The van der Waals surface area contributed by atoms with E-state index in [9.17, 15) is 4.79 Å². The fourth-order valence-electron chi connectivity index (χ4n) is 2.07. The van der Waals surface area contributed by atoms with Gasteiger partial charge in [0.05, 0.1) is 5.69 Å². The summed E-state index contributed by atoms with van der Waals surface area (Å²) in [5.74, 6) is -0.843. The van der Waals surface area contributed by atoms with E-state index in [0.29, 0.717) is 4.88 Å². The molecule has 0 atom stereocenters. The zero-order valence-electron chi connectivity index (χ0n) is 8.51. The molecule has 1 N–H and O–H groups in total. The Hall–Kier alpha value is -1.62. The first-order valence-electron chi connectivity index (χ1n) is 5.14. The lowest BCUT2D eigenvalue weighted by molar-refractivity contribution is 0.0702. The number of rotatable bonds is 1. The van der Waals surface area contributed by atoms with Gasteiger partial charge in [0.25, 0.3) is 0 Å². The molecule has 2 aromatic rings. The molecule has 2 aromatic heterocycles. The first kappa shape index (κ1) is 9.59. The van der Waals surface area contributed by atoms with Gasteiger partial charge in [0.1, 0.15) is 4.88 Å². The SMILES string of the molecule is O=C(O)c1cc2c(s1)CCCn1nccc1-2. The summed E-state index contributed by atoms with van der Waals surface area (Å²) in [6.07, 6.45) is 3.72. The number of carboxylic acids is 1. The van der Waals surface area contributed by atoms with Crippen molar-refractivity contribution in [3.63, 3.8) is 0 Å². The summed E-state index contributed by atoms with van der Waals surface area (Å²) in [5.41, 5.74) is 2.08. The third-order valence-corrected chi connectivity index (χ3v) is 3.97. The minimum Gasteiger partial charge on any atom is -0.477 e. The summed E-state index contributed by atoms with van der Waals surface area (Å²) in [6, 6.07) is 3.71. The van der Waals surface area contributed by atoms with Crippen LogP contribution in [0.1, 0.15) is 21.0 Å². The summed E-state index contributed by atoms with van der Waals surface area (Å²) < 4.78 is 1.95. The molecule has 3 rings (SSSR count). The van der Waals surface area contributed by atoms with Gasteiger partial charge in [-0.3, -0.25) is 4.68 Å². The van der Waals surface area contributed by atoms with Crippen molar-refractivity contribution in [1.29, 1.82) is 0 Å². The quantitative estimate of drug-likeness (QED) is 0.823. The zero-order chi connectivity index (χ0) is 11.1. The lowest BCUT2D eigenvalue weighted by Gasteiger charge is -2.00. The van der Waals surface area contributed by atoms with Gasteiger partial charge in [0.2, 0.25) is 0 Å². The molecule has 0 aliphatic carbocycles. The second kappa shape index (κ2) is 3.45. The highest BCUT2D eigenvalue weighted by Crippen LogP contribution is 2.34. The summed E-state index contributed by atoms with van der Waals surface area (Å²) in [6.45, 7) is 0.909. The van der Waals surface area contributed by atoms with Crippen LogP contribution >= 0.6 is 11.3 Å². The molecule has 4 nitrogen and oxygen atoms in total. The first-order chi connectivity index (χ1) is 7.75. The lowest BCUT2D eigenvalue weighted by atomic mass is 10.1. The lowest BCUT2D eigenvalue weighted by Crippen LogP contribution is -1.99. The monoisotopic (exact) mass is 234 g/mol. The third-order valence-electron chi connectivity index (χ3n) is 2.79. The van der Waals surface area contributed by atoms with Crippen LogP contribution in [0.4, 0.5) is 0 Å². The van der Waals surface area contributed by atoms with E-state index in [1.165, 1.54) is 11.3 Å². The summed E-state index contributed by atoms with van der Waals surface area (Å²) >= 11 is 1.38. The number of hydrogen-bond acceptors (Lipinski definition) is 3. The number of hydrogen-bond donors (Lipinski definition) is 1. The number of aryl methyl sites for hydroxylation is 2. The van der Waals surface area contributed by atoms with Gasteiger partial charge in [-0.15, -0.1) is 11.3 Å². The van der Waals surface area contributed by atoms with Crippen molar-refractivity contribution in [3.8, 4) is 11.3 Å². The molecule has 16 heavy (non-hydrogen) atoms.